The third-order valence-corrected chi connectivity index (χ3v) is 4.59. The van der Waals surface area contributed by atoms with Crippen LogP contribution in [0.2, 0.25) is 0 Å². The van der Waals surface area contributed by atoms with Gasteiger partial charge in [-0.25, -0.2) is 4.79 Å². The summed E-state index contributed by atoms with van der Waals surface area (Å²) in [5, 5.41) is 4.00. The maximum atomic E-state index is 12.7. The highest BCUT2D eigenvalue weighted by atomic mass is 16.6. The quantitative estimate of drug-likeness (QED) is 0.793. The van der Waals surface area contributed by atoms with Gasteiger partial charge in [0.2, 0.25) is 5.91 Å². The summed E-state index contributed by atoms with van der Waals surface area (Å²) in [6.45, 7) is -0.249. The number of methoxy groups -OCH3 is 1. The van der Waals surface area contributed by atoms with Gasteiger partial charge in [-0.2, -0.15) is 0 Å². The van der Waals surface area contributed by atoms with Gasteiger partial charge in [-0.1, -0.05) is 18.9 Å². The summed E-state index contributed by atoms with van der Waals surface area (Å²) in [7, 11) is 1.28. The summed E-state index contributed by atoms with van der Waals surface area (Å²) in [5.41, 5.74) is -0.271. The van der Waals surface area contributed by atoms with Crippen LogP contribution < -0.4 is 15.6 Å². The highest BCUT2D eigenvalue weighted by Crippen LogP contribution is 2.23. The summed E-state index contributed by atoms with van der Waals surface area (Å²) in [6.07, 6.45) is 5.84. The molecule has 1 N–H and O–H groups in total. The molecule has 7 nitrogen and oxygen atoms in total. The Morgan fingerprint density at radius 1 is 1.19 bits per heavy atom. The van der Waals surface area contributed by atoms with Crippen molar-refractivity contribution in [2.75, 3.05) is 13.7 Å². The molecule has 1 fully saturated rings. The number of pyridine rings is 1. The standard InChI is InChI=1S/C19H22N2O5/c1-25-18(23)12-26-16-8-4-7-15-14(16)9-10-21(19(15)24)11-17(22)20-13-5-2-3-6-13/h4,7-10,13H,2-3,5-6,11-12H2,1H3,(H,20,22). The van der Waals surface area contributed by atoms with Crippen molar-refractivity contribution in [1.29, 1.82) is 0 Å². The van der Waals surface area contributed by atoms with Crippen LogP contribution in [0.25, 0.3) is 10.8 Å². The molecule has 0 aliphatic heterocycles. The Hall–Kier alpha value is -2.83. The second-order valence-electron chi connectivity index (χ2n) is 6.38. The lowest BCUT2D eigenvalue weighted by Gasteiger charge is -2.14. The van der Waals surface area contributed by atoms with E-state index < -0.39 is 5.97 Å². The molecule has 0 unspecified atom stereocenters. The van der Waals surface area contributed by atoms with Gasteiger partial charge in [0.1, 0.15) is 12.3 Å². The average molecular weight is 358 g/mol. The van der Waals surface area contributed by atoms with Crippen molar-refractivity contribution in [1.82, 2.24) is 9.88 Å². The van der Waals surface area contributed by atoms with Gasteiger partial charge in [-0.3, -0.25) is 9.59 Å². The summed E-state index contributed by atoms with van der Waals surface area (Å²) >= 11 is 0. The van der Waals surface area contributed by atoms with Crippen LogP contribution in [0.5, 0.6) is 5.75 Å². The van der Waals surface area contributed by atoms with Crippen molar-refractivity contribution >= 4 is 22.6 Å². The minimum absolute atomic E-state index is 0.0154. The molecule has 1 aliphatic rings. The largest absolute Gasteiger partial charge is 0.481 e. The number of carbonyl (C=O) groups is 2. The summed E-state index contributed by atoms with van der Waals surface area (Å²) in [4.78, 5) is 36.1. The topological polar surface area (TPSA) is 86.6 Å². The average Bonchev–Trinajstić information content (AvgIpc) is 3.15. The molecule has 1 saturated carbocycles. The molecule has 0 spiro atoms. The van der Waals surface area contributed by atoms with E-state index in [0.29, 0.717) is 16.5 Å². The van der Waals surface area contributed by atoms with Gasteiger partial charge in [0.15, 0.2) is 6.61 Å². The molecular weight excluding hydrogens is 336 g/mol. The molecule has 1 aliphatic carbocycles. The van der Waals surface area contributed by atoms with Crippen LogP contribution in [-0.2, 0) is 20.9 Å². The minimum atomic E-state index is -0.501. The first kappa shape index (κ1) is 18.0. The number of hydrogen-bond donors (Lipinski definition) is 1. The van der Waals surface area contributed by atoms with Crippen LogP contribution in [0.15, 0.2) is 35.3 Å². The smallest absolute Gasteiger partial charge is 0.343 e. The van der Waals surface area contributed by atoms with E-state index in [0.717, 1.165) is 25.7 Å². The van der Waals surface area contributed by atoms with E-state index in [2.05, 4.69) is 10.1 Å². The van der Waals surface area contributed by atoms with Gasteiger partial charge >= 0.3 is 5.97 Å². The Morgan fingerprint density at radius 3 is 2.69 bits per heavy atom. The second kappa shape index (κ2) is 8.03. The first-order valence-electron chi connectivity index (χ1n) is 8.69. The molecule has 0 bridgehead atoms. The Bertz CT molecular complexity index is 868. The van der Waals surface area contributed by atoms with Crippen molar-refractivity contribution in [3.63, 3.8) is 0 Å². The fraction of sp³-hybridized carbons (Fsp3) is 0.421. The zero-order valence-electron chi connectivity index (χ0n) is 14.7. The molecule has 1 aromatic carbocycles. The maximum absolute atomic E-state index is 12.7. The Morgan fingerprint density at radius 2 is 1.96 bits per heavy atom. The molecule has 0 radical (unpaired) electrons. The van der Waals surface area contributed by atoms with Gasteiger partial charge in [0.25, 0.3) is 5.56 Å². The van der Waals surface area contributed by atoms with E-state index >= 15 is 0 Å². The van der Waals surface area contributed by atoms with Crippen molar-refractivity contribution in [3.8, 4) is 5.75 Å². The third-order valence-electron chi connectivity index (χ3n) is 4.59. The fourth-order valence-electron chi connectivity index (χ4n) is 3.23. The lowest BCUT2D eigenvalue weighted by molar-refractivity contribution is -0.142. The number of ether oxygens (including phenoxy) is 2. The zero-order valence-corrected chi connectivity index (χ0v) is 14.7. The number of carbonyl (C=O) groups excluding carboxylic acids is 2. The van der Waals surface area contributed by atoms with E-state index in [4.69, 9.17) is 4.74 Å². The number of fused-ring (bicyclic) bond motifs is 1. The van der Waals surface area contributed by atoms with E-state index in [1.54, 1.807) is 30.5 Å². The number of hydrogen-bond acceptors (Lipinski definition) is 5. The molecule has 2 aromatic rings. The van der Waals surface area contributed by atoms with Crippen LogP contribution >= 0.6 is 0 Å². The van der Waals surface area contributed by atoms with Crippen LogP contribution in [-0.4, -0.2) is 36.2 Å². The van der Waals surface area contributed by atoms with Gasteiger partial charge in [-0.05, 0) is 31.0 Å². The van der Waals surface area contributed by atoms with Crippen molar-refractivity contribution in [2.45, 2.75) is 38.3 Å². The predicted octanol–water partition coefficient (Wildman–Crippen LogP) is 1.61. The number of nitrogens with zero attached hydrogens (tertiary/aromatic N) is 1. The summed E-state index contributed by atoms with van der Waals surface area (Å²) in [6, 6.07) is 6.97. The molecule has 3 rings (SSSR count). The number of amides is 1. The molecule has 1 amide bonds. The lowest BCUT2D eigenvalue weighted by Crippen LogP contribution is -2.37. The molecule has 0 saturated heterocycles. The summed E-state index contributed by atoms with van der Waals surface area (Å²) < 4.78 is 11.4. The van der Waals surface area contributed by atoms with Gasteiger partial charge in [0, 0.05) is 17.6 Å². The third kappa shape index (κ3) is 4.04. The second-order valence-corrected chi connectivity index (χ2v) is 6.38. The van der Waals surface area contributed by atoms with Crippen molar-refractivity contribution < 1.29 is 19.1 Å². The molecule has 1 heterocycles. The van der Waals surface area contributed by atoms with E-state index in [9.17, 15) is 14.4 Å². The van der Waals surface area contributed by atoms with Crippen molar-refractivity contribution in [2.24, 2.45) is 0 Å². The molecule has 0 atom stereocenters. The Kier molecular flexibility index (Phi) is 5.55. The van der Waals surface area contributed by atoms with E-state index in [-0.39, 0.29) is 30.7 Å². The van der Waals surface area contributed by atoms with Crippen LogP contribution in [0.1, 0.15) is 25.7 Å². The normalized spacial score (nSPS) is 14.3. The fourth-order valence-corrected chi connectivity index (χ4v) is 3.23. The van der Waals surface area contributed by atoms with Gasteiger partial charge in [0.05, 0.1) is 12.5 Å². The Labute approximate surface area is 150 Å². The van der Waals surface area contributed by atoms with Crippen LogP contribution in [0, 0.1) is 0 Å². The van der Waals surface area contributed by atoms with Crippen LogP contribution in [0.4, 0.5) is 0 Å². The van der Waals surface area contributed by atoms with E-state index in [1.807, 2.05) is 0 Å². The highest BCUT2D eigenvalue weighted by molar-refractivity contribution is 5.88. The number of benzene rings is 1. The summed E-state index contributed by atoms with van der Waals surface area (Å²) in [5.74, 6) is -0.233. The van der Waals surface area contributed by atoms with Gasteiger partial charge < -0.3 is 19.4 Å². The number of rotatable bonds is 6. The van der Waals surface area contributed by atoms with Crippen molar-refractivity contribution in [3.05, 3.63) is 40.8 Å². The van der Waals surface area contributed by atoms with E-state index in [1.165, 1.54) is 11.7 Å². The molecule has 138 valence electrons. The highest BCUT2D eigenvalue weighted by Gasteiger charge is 2.18. The first-order valence-corrected chi connectivity index (χ1v) is 8.69. The minimum Gasteiger partial charge on any atom is -0.481 e. The maximum Gasteiger partial charge on any atom is 0.343 e. The predicted molar refractivity (Wildman–Crippen MR) is 96.1 cm³/mol. The number of aromatic nitrogens is 1. The lowest BCUT2D eigenvalue weighted by atomic mass is 10.1. The van der Waals surface area contributed by atoms with Gasteiger partial charge in [-0.15, -0.1) is 0 Å². The first-order chi connectivity index (χ1) is 12.6. The zero-order chi connectivity index (χ0) is 18.5. The molecular formula is C19H22N2O5. The number of nitrogens with one attached hydrogen (secondary N) is 1. The molecule has 26 heavy (non-hydrogen) atoms. The molecule has 7 heteroatoms. The Balaban J connectivity index is 1.78. The monoisotopic (exact) mass is 358 g/mol. The number of esters is 1. The SMILES string of the molecule is COC(=O)COc1cccc2c(=O)n(CC(=O)NC3CCCC3)ccc12. The molecule has 1 aromatic heterocycles. The van der Waals surface area contributed by atoms with Crippen LogP contribution in [0.3, 0.4) is 0 Å².